The Hall–Kier alpha value is -0.560. The first-order valence-corrected chi connectivity index (χ1v) is 13.4. The third kappa shape index (κ3) is 3.34. The molecule has 3 unspecified atom stereocenters. The molecule has 0 aromatic carbocycles. The van der Waals surface area contributed by atoms with E-state index in [2.05, 4.69) is 67.5 Å². The lowest BCUT2D eigenvalue weighted by molar-refractivity contribution is -0.145. The van der Waals surface area contributed by atoms with E-state index in [9.17, 15) is 5.11 Å². The molecule has 0 heterocycles. The van der Waals surface area contributed by atoms with E-state index in [1.54, 1.807) is 5.57 Å². The van der Waals surface area contributed by atoms with Crippen molar-refractivity contribution in [1.29, 1.82) is 0 Å². The Kier molecular flexibility index (Phi) is 5.90. The highest BCUT2D eigenvalue weighted by molar-refractivity contribution is 5.30. The van der Waals surface area contributed by atoms with Gasteiger partial charge in [-0.05, 0) is 112 Å². The van der Waals surface area contributed by atoms with Crippen molar-refractivity contribution < 1.29 is 5.11 Å². The summed E-state index contributed by atoms with van der Waals surface area (Å²) >= 11 is 0. The summed E-state index contributed by atoms with van der Waals surface area (Å²) in [5.74, 6) is 3.18. The topological polar surface area (TPSA) is 20.2 Å². The predicted octanol–water partition coefficient (Wildman–Crippen LogP) is 8.34. The van der Waals surface area contributed by atoms with Crippen molar-refractivity contribution >= 4 is 0 Å². The summed E-state index contributed by atoms with van der Waals surface area (Å²) in [6.45, 7) is 19.7. The Morgan fingerprint density at radius 2 is 1.74 bits per heavy atom. The van der Waals surface area contributed by atoms with Gasteiger partial charge in [0.15, 0.2) is 0 Å². The first-order chi connectivity index (χ1) is 14.4. The summed E-state index contributed by atoms with van der Waals surface area (Å²) in [5, 5.41) is 10.8. The van der Waals surface area contributed by atoms with E-state index < -0.39 is 0 Å². The second kappa shape index (κ2) is 7.75. The van der Waals surface area contributed by atoms with Crippen molar-refractivity contribution in [2.75, 3.05) is 0 Å². The highest BCUT2D eigenvalue weighted by atomic mass is 16.3. The van der Waals surface area contributed by atoms with Crippen molar-refractivity contribution in [1.82, 2.24) is 0 Å². The number of aliphatic hydroxyl groups excluding tert-OH is 1. The molecule has 31 heavy (non-hydrogen) atoms. The van der Waals surface area contributed by atoms with Crippen LogP contribution in [0.5, 0.6) is 0 Å². The average molecular weight is 427 g/mol. The van der Waals surface area contributed by atoms with Crippen molar-refractivity contribution in [3.8, 4) is 0 Å². The molecule has 0 aromatic rings. The maximum atomic E-state index is 10.8. The molecule has 0 spiro atoms. The molecule has 3 fully saturated rings. The summed E-state index contributed by atoms with van der Waals surface area (Å²) < 4.78 is 0. The molecule has 1 heteroatoms. The fourth-order valence-electron chi connectivity index (χ4n) is 9.47. The summed E-state index contributed by atoms with van der Waals surface area (Å²) in [6.07, 6.45) is 16.5. The molecule has 4 aliphatic rings. The van der Waals surface area contributed by atoms with Gasteiger partial charge in [-0.15, -0.1) is 0 Å². The zero-order valence-corrected chi connectivity index (χ0v) is 21.9. The van der Waals surface area contributed by atoms with Gasteiger partial charge < -0.3 is 5.11 Å². The molecule has 0 aliphatic heterocycles. The van der Waals surface area contributed by atoms with Crippen LogP contribution in [0.2, 0.25) is 0 Å². The highest BCUT2D eigenvalue weighted by Crippen LogP contribution is 2.74. The fraction of sp³-hybridized carbons (Fsp3) is 0.867. The smallest absolute Gasteiger partial charge is 0.0628 e. The molecule has 1 nitrogen and oxygen atoms in total. The summed E-state index contributed by atoms with van der Waals surface area (Å²) in [5.41, 5.74) is 4.37. The minimum absolute atomic E-state index is 0.0454. The van der Waals surface area contributed by atoms with E-state index in [1.807, 2.05) is 0 Å². The van der Waals surface area contributed by atoms with Crippen molar-refractivity contribution in [3.05, 3.63) is 23.3 Å². The number of hydrogen-bond acceptors (Lipinski definition) is 1. The van der Waals surface area contributed by atoms with E-state index in [-0.39, 0.29) is 11.5 Å². The van der Waals surface area contributed by atoms with Crippen LogP contribution in [0.3, 0.4) is 0 Å². The van der Waals surface area contributed by atoms with Crippen LogP contribution in [0, 0.1) is 45.3 Å². The maximum absolute atomic E-state index is 10.8. The third-order valence-corrected chi connectivity index (χ3v) is 11.8. The lowest BCUT2D eigenvalue weighted by Crippen LogP contribution is -2.59. The molecule has 1 N–H and O–H groups in total. The van der Waals surface area contributed by atoms with Gasteiger partial charge >= 0.3 is 0 Å². The summed E-state index contributed by atoms with van der Waals surface area (Å²) in [6, 6.07) is 0. The van der Waals surface area contributed by atoms with Gasteiger partial charge in [0.25, 0.3) is 0 Å². The molecule has 176 valence electrons. The molecule has 4 aliphatic carbocycles. The molecule has 0 aromatic heterocycles. The molecule has 8 atom stereocenters. The molecule has 4 rings (SSSR count). The number of allylic oxidation sites excluding steroid dienone is 3. The monoisotopic (exact) mass is 426 g/mol. The standard InChI is InChI=1S/C30H50O/c1-20(2)10-9-11-21(3)22-16-17-30(8)25-14-12-23-24(13-15-26(31)27(23,4)5)28(25,6)18-19-29(22,30)7/h10,12,21-22,24-26,31H,9,11,13-19H2,1-8H3/t21?,22?,24-,25+,26?,28+,29+,30-/m0/s1. The van der Waals surface area contributed by atoms with Crippen LogP contribution in [-0.4, -0.2) is 11.2 Å². The minimum atomic E-state index is -0.169. The Bertz CT molecular complexity index is 754. The zero-order chi connectivity index (χ0) is 22.8. The number of hydrogen-bond donors (Lipinski definition) is 1. The maximum Gasteiger partial charge on any atom is 0.0628 e. The van der Waals surface area contributed by atoms with Gasteiger partial charge in [0, 0.05) is 5.41 Å². The van der Waals surface area contributed by atoms with Crippen molar-refractivity contribution in [2.24, 2.45) is 45.3 Å². The largest absolute Gasteiger partial charge is 0.392 e. The van der Waals surface area contributed by atoms with Crippen LogP contribution in [0.15, 0.2) is 23.3 Å². The van der Waals surface area contributed by atoms with Gasteiger partial charge in [-0.1, -0.05) is 64.8 Å². The first-order valence-electron chi connectivity index (χ1n) is 13.4. The van der Waals surface area contributed by atoms with E-state index in [0.29, 0.717) is 22.2 Å². The van der Waals surface area contributed by atoms with E-state index in [4.69, 9.17) is 0 Å². The zero-order valence-electron chi connectivity index (χ0n) is 21.9. The van der Waals surface area contributed by atoms with Gasteiger partial charge in [0.05, 0.1) is 6.10 Å². The summed E-state index contributed by atoms with van der Waals surface area (Å²) in [4.78, 5) is 0. The van der Waals surface area contributed by atoms with Crippen LogP contribution < -0.4 is 0 Å². The quantitative estimate of drug-likeness (QED) is 0.448. The Morgan fingerprint density at radius 3 is 2.42 bits per heavy atom. The minimum Gasteiger partial charge on any atom is -0.392 e. The lowest BCUT2D eigenvalue weighted by atomic mass is 9.39. The van der Waals surface area contributed by atoms with Crippen LogP contribution in [0.4, 0.5) is 0 Å². The fourth-order valence-corrected chi connectivity index (χ4v) is 9.47. The predicted molar refractivity (Wildman–Crippen MR) is 133 cm³/mol. The van der Waals surface area contributed by atoms with Crippen LogP contribution in [0.1, 0.15) is 113 Å². The Labute approximate surface area is 193 Å². The molecule has 3 saturated carbocycles. The van der Waals surface area contributed by atoms with Crippen LogP contribution in [0.25, 0.3) is 0 Å². The normalized spacial score (nSPS) is 46.9. The third-order valence-electron chi connectivity index (χ3n) is 11.8. The molecule has 0 radical (unpaired) electrons. The summed E-state index contributed by atoms with van der Waals surface area (Å²) in [7, 11) is 0. The second-order valence-corrected chi connectivity index (χ2v) is 13.6. The van der Waals surface area contributed by atoms with E-state index >= 15 is 0 Å². The second-order valence-electron chi connectivity index (χ2n) is 13.6. The van der Waals surface area contributed by atoms with E-state index in [1.165, 1.54) is 56.9 Å². The number of fused-ring (bicyclic) bond motifs is 5. The lowest BCUT2D eigenvalue weighted by Gasteiger charge is -2.66. The van der Waals surface area contributed by atoms with Crippen LogP contribution in [-0.2, 0) is 0 Å². The number of aliphatic hydroxyl groups is 1. The van der Waals surface area contributed by atoms with Gasteiger partial charge in [-0.3, -0.25) is 0 Å². The Morgan fingerprint density at radius 1 is 1.03 bits per heavy atom. The van der Waals surface area contributed by atoms with Crippen molar-refractivity contribution in [3.63, 3.8) is 0 Å². The van der Waals surface area contributed by atoms with Gasteiger partial charge in [0.2, 0.25) is 0 Å². The van der Waals surface area contributed by atoms with Crippen molar-refractivity contribution in [2.45, 2.75) is 119 Å². The molecule has 0 amide bonds. The average Bonchev–Trinajstić information content (AvgIpc) is 2.96. The Balaban J connectivity index is 1.62. The molecule has 0 bridgehead atoms. The molecular weight excluding hydrogens is 376 g/mol. The SMILES string of the molecule is CC(C)=CCCC(C)C1CC[C@@]2(C)[C@@H]3CC=C4[C@H](CCC(O)C4(C)C)[C@@]3(C)CC[C@]12C. The van der Waals surface area contributed by atoms with Gasteiger partial charge in [-0.25, -0.2) is 0 Å². The van der Waals surface area contributed by atoms with Gasteiger partial charge in [0.1, 0.15) is 0 Å². The molecule has 0 saturated heterocycles. The first kappa shape index (κ1) is 23.6. The van der Waals surface area contributed by atoms with Gasteiger partial charge in [-0.2, -0.15) is 0 Å². The van der Waals surface area contributed by atoms with E-state index in [0.717, 1.165) is 24.2 Å². The molecular formula is C30H50O. The highest BCUT2D eigenvalue weighted by Gasteiger charge is 2.67. The number of rotatable bonds is 4. The van der Waals surface area contributed by atoms with Crippen LogP contribution >= 0.6 is 0 Å².